The molecule has 1 aliphatic rings. The number of hydrogen-bond donors (Lipinski definition) is 1. The van der Waals surface area contributed by atoms with E-state index in [0.717, 1.165) is 54.3 Å². The van der Waals surface area contributed by atoms with Crippen molar-refractivity contribution in [3.63, 3.8) is 0 Å². The lowest BCUT2D eigenvalue weighted by Gasteiger charge is -2.12. The van der Waals surface area contributed by atoms with Crippen molar-refractivity contribution < 1.29 is 14.3 Å². The standard InChI is InChI=1S/C23H33N3O3/c1-16(2)14-26-18(4)22(17(3)25-26)12-23(27)24-13-19-7-9-20(10-8-19)29-15-21-6-5-11-28-21/h7-10,16,21H,5-6,11-15H2,1-4H3,(H,24,27). The number of hydrogen-bond acceptors (Lipinski definition) is 4. The van der Waals surface area contributed by atoms with Gasteiger partial charge in [0.15, 0.2) is 0 Å². The van der Waals surface area contributed by atoms with Crippen LogP contribution in [0.3, 0.4) is 0 Å². The molecule has 3 rings (SSSR count). The minimum atomic E-state index is 0.0130. The fourth-order valence-corrected chi connectivity index (χ4v) is 3.61. The quantitative estimate of drug-likeness (QED) is 0.700. The Morgan fingerprint density at radius 3 is 2.72 bits per heavy atom. The van der Waals surface area contributed by atoms with E-state index >= 15 is 0 Å². The van der Waals surface area contributed by atoms with Gasteiger partial charge < -0.3 is 14.8 Å². The zero-order chi connectivity index (χ0) is 20.8. The summed E-state index contributed by atoms with van der Waals surface area (Å²) < 4.78 is 13.4. The Morgan fingerprint density at radius 2 is 2.07 bits per heavy atom. The van der Waals surface area contributed by atoms with Crippen molar-refractivity contribution in [1.82, 2.24) is 15.1 Å². The molecule has 1 amide bonds. The normalized spacial score (nSPS) is 16.4. The van der Waals surface area contributed by atoms with E-state index in [0.29, 0.717) is 25.5 Å². The molecule has 2 heterocycles. The topological polar surface area (TPSA) is 65.4 Å². The fraction of sp³-hybridized carbons (Fsp3) is 0.565. The molecule has 1 unspecified atom stereocenters. The number of carbonyl (C=O) groups is 1. The van der Waals surface area contributed by atoms with E-state index in [4.69, 9.17) is 9.47 Å². The van der Waals surface area contributed by atoms with E-state index in [1.54, 1.807) is 0 Å². The lowest BCUT2D eigenvalue weighted by Crippen LogP contribution is -2.25. The maximum Gasteiger partial charge on any atom is 0.224 e. The molecule has 1 aliphatic heterocycles. The first-order valence-electron chi connectivity index (χ1n) is 10.5. The number of aromatic nitrogens is 2. The van der Waals surface area contributed by atoms with Gasteiger partial charge in [-0.1, -0.05) is 26.0 Å². The van der Waals surface area contributed by atoms with E-state index in [-0.39, 0.29) is 12.0 Å². The molecule has 2 aromatic rings. The lowest BCUT2D eigenvalue weighted by atomic mass is 10.1. The van der Waals surface area contributed by atoms with Crippen LogP contribution in [0.2, 0.25) is 0 Å². The van der Waals surface area contributed by atoms with Crippen LogP contribution in [0.4, 0.5) is 0 Å². The zero-order valence-electron chi connectivity index (χ0n) is 18.0. The molecule has 0 aliphatic carbocycles. The predicted octanol–water partition coefficient (Wildman–Crippen LogP) is 3.57. The van der Waals surface area contributed by atoms with Gasteiger partial charge in [-0.3, -0.25) is 9.48 Å². The highest BCUT2D eigenvalue weighted by atomic mass is 16.5. The summed E-state index contributed by atoms with van der Waals surface area (Å²) in [6, 6.07) is 7.87. The van der Waals surface area contributed by atoms with Crippen LogP contribution in [-0.2, 0) is 29.0 Å². The van der Waals surface area contributed by atoms with Gasteiger partial charge in [0.25, 0.3) is 0 Å². The van der Waals surface area contributed by atoms with Crippen molar-refractivity contribution in [1.29, 1.82) is 0 Å². The summed E-state index contributed by atoms with van der Waals surface area (Å²) in [5, 5.41) is 7.60. The molecule has 158 valence electrons. The van der Waals surface area contributed by atoms with Gasteiger partial charge in [0.2, 0.25) is 5.91 Å². The van der Waals surface area contributed by atoms with Gasteiger partial charge in [-0.25, -0.2) is 0 Å². The molecule has 0 bridgehead atoms. The highest BCUT2D eigenvalue weighted by Gasteiger charge is 2.17. The highest BCUT2D eigenvalue weighted by Crippen LogP contribution is 2.17. The number of nitrogens with one attached hydrogen (secondary N) is 1. The van der Waals surface area contributed by atoms with E-state index in [1.165, 1.54) is 0 Å². The molecule has 0 saturated carbocycles. The first-order valence-corrected chi connectivity index (χ1v) is 10.5. The van der Waals surface area contributed by atoms with Gasteiger partial charge in [0, 0.05) is 31.0 Å². The summed E-state index contributed by atoms with van der Waals surface area (Å²) in [5.74, 6) is 1.37. The molecule has 1 aromatic heterocycles. The third-order valence-electron chi connectivity index (χ3n) is 5.28. The van der Waals surface area contributed by atoms with Crippen molar-refractivity contribution in [2.75, 3.05) is 13.2 Å². The highest BCUT2D eigenvalue weighted by molar-refractivity contribution is 5.79. The summed E-state index contributed by atoms with van der Waals surface area (Å²) in [6.45, 7) is 11.2. The van der Waals surface area contributed by atoms with Crippen molar-refractivity contribution in [3.8, 4) is 5.75 Å². The van der Waals surface area contributed by atoms with Gasteiger partial charge in [0.05, 0.1) is 18.2 Å². The monoisotopic (exact) mass is 399 g/mol. The molecule has 6 nitrogen and oxygen atoms in total. The molecule has 1 N–H and O–H groups in total. The van der Waals surface area contributed by atoms with Crippen molar-refractivity contribution in [2.45, 2.75) is 66.2 Å². The Labute approximate surface area is 173 Å². The molecule has 1 aromatic carbocycles. The number of rotatable bonds is 9. The third kappa shape index (κ3) is 6.07. The molecule has 1 atom stereocenters. The van der Waals surface area contributed by atoms with Crippen LogP contribution in [-0.4, -0.2) is 35.0 Å². The van der Waals surface area contributed by atoms with E-state index < -0.39 is 0 Å². The van der Waals surface area contributed by atoms with Crippen molar-refractivity contribution in [2.24, 2.45) is 5.92 Å². The first-order chi connectivity index (χ1) is 13.9. The van der Waals surface area contributed by atoms with E-state index in [9.17, 15) is 4.79 Å². The molecule has 1 fully saturated rings. The molecule has 0 radical (unpaired) electrons. The Morgan fingerprint density at radius 1 is 1.31 bits per heavy atom. The van der Waals surface area contributed by atoms with Crippen LogP contribution in [0.25, 0.3) is 0 Å². The van der Waals surface area contributed by atoms with Crippen molar-refractivity contribution in [3.05, 3.63) is 46.8 Å². The minimum Gasteiger partial charge on any atom is -0.491 e. The summed E-state index contributed by atoms with van der Waals surface area (Å²) in [4.78, 5) is 12.5. The Kier molecular flexibility index (Phi) is 7.31. The maximum atomic E-state index is 12.5. The Bertz CT molecular complexity index is 806. The number of aryl methyl sites for hydroxylation is 1. The first kappa shape index (κ1) is 21.4. The zero-order valence-corrected chi connectivity index (χ0v) is 18.0. The molecular formula is C23H33N3O3. The minimum absolute atomic E-state index is 0.0130. The molecule has 0 spiro atoms. The average Bonchev–Trinajstić information content (AvgIpc) is 3.29. The van der Waals surface area contributed by atoms with Crippen LogP contribution < -0.4 is 10.1 Å². The number of nitrogens with zero attached hydrogens (tertiary/aromatic N) is 2. The van der Waals surface area contributed by atoms with Gasteiger partial charge in [-0.2, -0.15) is 5.10 Å². The van der Waals surface area contributed by atoms with Gasteiger partial charge in [-0.15, -0.1) is 0 Å². The fourth-order valence-electron chi connectivity index (χ4n) is 3.61. The van der Waals surface area contributed by atoms with E-state index in [2.05, 4.69) is 24.3 Å². The summed E-state index contributed by atoms with van der Waals surface area (Å²) in [7, 11) is 0. The average molecular weight is 400 g/mol. The smallest absolute Gasteiger partial charge is 0.224 e. The second kappa shape index (κ2) is 9.92. The number of ether oxygens (including phenoxy) is 2. The number of amides is 1. The summed E-state index contributed by atoms with van der Waals surface area (Å²) in [5.41, 5.74) is 4.10. The van der Waals surface area contributed by atoms with Crippen LogP contribution >= 0.6 is 0 Å². The summed E-state index contributed by atoms with van der Waals surface area (Å²) >= 11 is 0. The summed E-state index contributed by atoms with van der Waals surface area (Å²) in [6.07, 6.45) is 2.76. The third-order valence-corrected chi connectivity index (χ3v) is 5.28. The van der Waals surface area contributed by atoms with Gasteiger partial charge >= 0.3 is 0 Å². The number of benzene rings is 1. The molecule has 6 heteroatoms. The molecule has 29 heavy (non-hydrogen) atoms. The van der Waals surface area contributed by atoms with E-state index in [1.807, 2.05) is 42.8 Å². The Balaban J connectivity index is 1.47. The van der Waals surface area contributed by atoms with Crippen LogP contribution in [0.1, 0.15) is 49.2 Å². The molecule has 1 saturated heterocycles. The Hall–Kier alpha value is -2.34. The largest absolute Gasteiger partial charge is 0.491 e. The second-order valence-electron chi connectivity index (χ2n) is 8.27. The predicted molar refractivity (Wildman–Crippen MR) is 113 cm³/mol. The van der Waals surface area contributed by atoms with Crippen molar-refractivity contribution >= 4 is 5.91 Å². The van der Waals surface area contributed by atoms with Crippen LogP contribution in [0.5, 0.6) is 5.75 Å². The second-order valence-corrected chi connectivity index (χ2v) is 8.27. The van der Waals surface area contributed by atoms with Crippen LogP contribution in [0.15, 0.2) is 24.3 Å². The van der Waals surface area contributed by atoms with Crippen LogP contribution in [0, 0.1) is 19.8 Å². The lowest BCUT2D eigenvalue weighted by molar-refractivity contribution is -0.120. The number of carbonyl (C=O) groups excluding carboxylic acids is 1. The van der Waals surface area contributed by atoms with Gasteiger partial charge in [-0.05, 0) is 50.3 Å². The maximum absolute atomic E-state index is 12.5. The SMILES string of the molecule is Cc1nn(CC(C)C)c(C)c1CC(=O)NCc1ccc(OCC2CCCO2)cc1. The molecular weight excluding hydrogens is 366 g/mol. The van der Waals surface area contributed by atoms with Gasteiger partial charge in [0.1, 0.15) is 12.4 Å².